The molecule has 7 nitrogen and oxygen atoms in total. The monoisotopic (exact) mass is 399 g/mol. The van der Waals surface area contributed by atoms with Gasteiger partial charge in [0.25, 0.3) is 5.91 Å². The van der Waals surface area contributed by atoms with Crippen molar-refractivity contribution in [3.05, 3.63) is 42.2 Å². The van der Waals surface area contributed by atoms with E-state index < -0.39 is 12.1 Å². The third-order valence-electron chi connectivity index (χ3n) is 5.80. The van der Waals surface area contributed by atoms with Crippen molar-refractivity contribution in [2.45, 2.75) is 52.2 Å². The Morgan fingerprint density at radius 2 is 1.93 bits per heavy atom. The highest BCUT2D eigenvalue weighted by Crippen LogP contribution is 2.29. The van der Waals surface area contributed by atoms with Gasteiger partial charge in [0.05, 0.1) is 19.0 Å². The lowest BCUT2D eigenvalue weighted by atomic mass is 9.78. The Labute approximate surface area is 171 Å². The quantitative estimate of drug-likeness (QED) is 0.753. The summed E-state index contributed by atoms with van der Waals surface area (Å²) in [5, 5.41) is 7.33. The molecule has 1 aromatic carbocycles. The van der Waals surface area contributed by atoms with Gasteiger partial charge in [0, 0.05) is 6.04 Å². The normalized spacial score (nSPS) is 22.6. The molecule has 29 heavy (non-hydrogen) atoms. The van der Waals surface area contributed by atoms with Gasteiger partial charge in [-0.05, 0) is 37.3 Å². The van der Waals surface area contributed by atoms with Crippen molar-refractivity contribution < 1.29 is 19.1 Å². The first-order valence-electron chi connectivity index (χ1n) is 10.1. The fourth-order valence-electron chi connectivity index (χ4n) is 3.72. The van der Waals surface area contributed by atoms with Crippen LogP contribution in [0.2, 0.25) is 0 Å². The van der Waals surface area contributed by atoms with Crippen LogP contribution in [0.3, 0.4) is 0 Å². The maximum atomic E-state index is 12.6. The van der Waals surface area contributed by atoms with Crippen LogP contribution in [0, 0.1) is 11.8 Å². The number of esters is 1. The fourth-order valence-corrected chi connectivity index (χ4v) is 3.72. The number of nitrogens with zero attached hydrogens (tertiary/aromatic N) is 2. The van der Waals surface area contributed by atoms with E-state index in [1.54, 1.807) is 17.8 Å². The minimum absolute atomic E-state index is 0.0376. The molecule has 0 bridgehead atoms. The van der Waals surface area contributed by atoms with Crippen molar-refractivity contribution in [1.29, 1.82) is 0 Å². The van der Waals surface area contributed by atoms with E-state index in [9.17, 15) is 9.59 Å². The first kappa shape index (κ1) is 20.9. The molecule has 1 aliphatic rings. The minimum Gasteiger partial charge on any atom is -0.493 e. The number of methoxy groups -OCH3 is 1. The molecule has 2 aromatic rings. The number of hydrogen-bond donors (Lipinski definition) is 1. The maximum Gasteiger partial charge on any atom is 0.363 e. The summed E-state index contributed by atoms with van der Waals surface area (Å²) in [6, 6.07) is 9.49. The van der Waals surface area contributed by atoms with Gasteiger partial charge < -0.3 is 14.8 Å². The van der Waals surface area contributed by atoms with Gasteiger partial charge in [-0.15, -0.1) is 0 Å². The van der Waals surface area contributed by atoms with Gasteiger partial charge in [-0.2, -0.15) is 5.10 Å². The van der Waals surface area contributed by atoms with Gasteiger partial charge in [0.2, 0.25) is 5.69 Å². The van der Waals surface area contributed by atoms with Crippen molar-refractivity contribution in [1.82, 2.24) is 15.1 Å². The molecule has 1 aromatic heterocycles. The van der Waals surface area contributed by atoms with Gasteiger partial charge in [-0.25, -0.2) is 9.48 Å². The molecule has 0 spiro atoms. The Kier molecular flexibility index (Phi) is 6.56. The third-order valence-corrected chi connectivity index (χ3v) is 5.80. The Hall–Kier alpha value is -2.83. The fraction of sp³-hybridized carbons (Fsp3) is 0.500. The van der Waals surface area contributed by atoms with E-state index in [0.29, 0.717) is 17.6 Å². The van der Waals surface area contributed by atoms with Crippen LogP contribution in [-0.2, 0) is 9.53 Å². The van der Waals surface area contributed by atoms with E-state index >= 15 is 0 Å². The second-order valence-corrected chi connectivity index (χ2v) is 7.76. The van der Waals surface area contributed by atoms with Gasteiger partial charge in [0.15, 0.2) is 11.9 Å². The van der Waals surface area contributed by atoms with Crippen LogP contribution >= 0.6 is 0 Å². The molecule has 4 atom stereocenters. The summed E-state index contributed by atoms with van der Waals surface area (Å²) in [5.74, 6) is 0.284. The SMILES string of the molecule is COc1cn(-c2ccccc2)nc1C(=O)O[C@H](C)C(=O)N[C@@H]1CCC[C@@H](C)[C@H]1C. The molecule has 1 saturated carbocycles. The predicted octanol–water partition coefficient (Wildman–Crippen LogP) is 3.37. The Bertz CT molecular complexity index is 849. The molecule has 0 unspecified atom stereocenters. The summed E-state index contributed by atoms with van der Waals surface area (Å²) in [6.45, 7) is 5.94. The lowest BCUT2D eigenvalue weighted by molar-refractivity contribution is -0.130. The zero-order valence-electron chi connectivity index (χ0n) is 17.4. The third kappa shape index (κ3) is 4.78. The highest BCUT2D eigenvalue weighted by atomic mass is 16.6. The van der Waals surface area contributed by atoms with E-state index in [1.807, 2.05) is 30.3 Å². The number of amides is 1. The number of aromatic nitrogens is 2. The molecular weight excluding hydrogens is 370 g/mol. The molecule has 0 radical (unpaired) electrons. The van der Waals surface area contributed by atoms with E-state index in [2.05, 4.69) is 24.3 Å². The molecular formula is C22H29N3O4. The lowest BCUT2D eigenvalue weighted by Gasteiger charge is -2.35. The van der Waals surface area contributed by atoms with Crippen molar-refractivity contribution >= 4 is 11.9 Å². The van der Waals surface area contributed by atoms with E-state index in [0.717, 1.165) is 18.5 Å². The van der Waals surface area contributed by atoms with Crippen LogP contribution in [0.5, 0.6) is 5.75 Å². The predicted molar refractivity (Wildman–Crippen MR) is 109 cm³/mol. The summed E-state index contributed by atoms with van der Waals surface area (Å²) in [4.78, 5) is 25.2. The number of ether oxygens (including phenoxy) is 2. The summed E-state index contributed by atoms with van der Waals surface area (Å²) >= 11 is 0. The molecule has 7 heteroatoms. The summed E-state index contributed by atoms with van der Waals surface area (Å²) in [6.07, 6.45) is 3.92. The van der Waals surface area contributed by atoms with E-state index in [-0.39, 0.29) is 17.6 Å². The number of nitrogens with one attached hydrogen (secondary N) is 1. The first-order chi connectivity index (χ1) is 13.9. The Morgan fingerprint density at radius 1 is 1.21 bits per heavy atom. The van der Waals surface area contributed by atoms with Crippen LogP contribution in [0.4, 0.5) is 0 Å². The maximum absolute atomic E-state index is 12.6. The largest absolute Gasteiger partial charge is 0.493 e. The number of benzene rings is 1. The van der Waals surface area contributed by atoms with Crippen molar-refractivity contribution in [3.8, 4) is 11.4 Å². The molecule has 156 valence electrons. The van der Waals surface area contributed by atoms with Gasteiger partial charge >= 0.3 is 5.97 Å². The smallest absolute Gasteiger partial charge is 0.363 e. The molecule has 1 aliphatic carbocycles. The molecule has 3 rings (SSSR count). The van der Waals surface area contributed by atoms with Crippen LogP contribution in [0.25, 0.3) is 5.69 Å². The number of rotatable bonds is 6. The second kappa shape index (κ2) is 9.11. The molecule has 1 heterocycles. The first-order valence-corrected chi connectivity index (χ1v) is 10.1. The molecule has 0 aliphatic heterocycles. The van der Waals surface area contributed by atoms with Crippen LogP contribution < -0.4 is 10.1 Å². The highest BCUT2D eigenvalue weighted by molar-refractivity contribution is 5.93. The van der Waals surface area contributed by atoms with E-state index in [4.69, 9.17) is 9.47 Å². The average Bonchev–Trinajstić information content (AvgIpc) is 3.16. The molecule has 1 fully saturated rings. The van der Waals surface area contributed by atoms with Crippen LogP contribution in [0.15, 0.2) is 36.5 Å². The number of carbonyl (C=O) groups is 2. The lowest BCUT2D eigenvalue weighted by Crippen LogP contribution is -2.47. The topological polar surface area (TPSA) is 82.5 Å². The zero-order chi connectivity index (χ0) is 21.0. The van der Waals surface area contributed by atoms with Gasteiger partial charge in [-0.3, -0.25) is 4.79 Å². The van der Waals surface area contributed by atoms with Crippen molar-refractivity contribution in [2.75, 3.05) is 7.11 Å². The summed E-state index contributed by atoms with van der Waals surface area (Å²) in [5.41, 5.74) is 0.826. The number of para-hydroxylation sites is 1. The van der Waals surface area contributed by atoms with Gasteiger partial charge in [0.1, 0.15) is 0 Å². The number of carbonyl (C=O) groups excluding carboxylic acids is 2. The average molecular weight is 399 g/mol. The van der Waals surface area contributed by atoms with Crippen LogP contribution in [0.1, 0.15) is 50.5 Å². The zero-order valence-corrected chi connectivity index (χ0v) is 17.4. The molecule has 0 saturated heterocycles. The summed E-state index contributed by atoms with van der Waals surface area (Å²) < 4.78 is 12.2. The number of hydrogen-bond acceptors (Lipinski definition) is 5. The second-order valence-electron chi connectivity index (χ2n) is 7.76. The standard InChI is InChI=1S/C22H29N3O4/c1-14-9-8-12-18(15(14)2)23-21(26)16(3)29-22(27)20-19(28-4)13-25(24-20)17-10-6-5-7-11-17/h5-7,10-11,13-16,18H,8-9,12H2,1-4H3,(H,23,26)/t14-,15-,16-,18-/m1/s1. The van der Waals surface area contributed by atoms with Crippen molar-refractivity contribution in [2.24, 2.45) is 11.8 Å². The van der Waals surface area contributed by atoms with E-state index in [1.165, 1.54) is 13.5 Å². The summed E-state index contributed by atoms with van der Waals surface area (Å²) in [7, 11) is 1.46. The van der Waals surface area contributed by atoms with Crippen molar-refractivity contribution in [3.63, 3.8) is 0 Å². The van der Waals surface area contributed by atoms with Crippen LogP contribution in [-0.4, -0.2) is 40.9 Å². The highest BCUT2D eigenvalue weighted by Gasteiger charge is 2.31. The minimum atomic E-state index is -0.918. The molecule has 1 amide bonds. The molecule has 1 N–H and O–H groups in total. The Morgan fingerprint density at radius 3 is 2.62 bits per heavy atom. The van der Waals surface area contributed by atoms with Gasteiger partial charge in [-0.1, -0.05) is 44.9 Å². The Balaban J connectivity index is 1.66.